The van der Waals surface area contributed by atoms with Gasteiger partial charge in [0.1, 0.15) is 11.4 Å². The van der Waals surface area contributed by atoms with Crippen LogP contribution in [-0.2, 0) is 7.05 Å². The Balaban J connectivity index is 2.33. The van der Waals surface area contributed by atoms with Crippen LogP contribution in [0.4, 0.5) is 5.82 Å². The van der Waals surface area contributed by atoms with E-state index in [9.17, 15) is 0 Å². The topological polar surface area (TPSA) is 92.6 Å². The summed E-state index contributed by atoms with van der Waals surface area (Å²) in [6.45, 7) is 1.99. The molecule has 0 amide bonds. The van der Waals surface area contributed by atoms with E-state index in [1.54, 1.807) is 12.5 Å². The molecule has 2 heterocycles. The summed E-state index contributed by atoms with van der Waals surface area (Å²) in [6.07, 6.45) is 3.97. The van der Waals surface area contributed by atoms with Gasteiger partial charge >= 0.3 is 0 Å². The van der Waals surface area contributed by atoms with E-state index in [1.807, 2.05) is 36.6 Å². The van der Waals surface area contributed by atoms with E-state index in [0.29, 0.717) is 6.42 Å². The first-order chi connectivity index (χ1) is 9.04. The van der Waals surface area contributed by atoms with E-state index >= 15 is 0 Å². The van der Waals surface area contributed by atoms with Crippen LogP contribution in [-0.4, -0.2) is 38.7 Å². The normalized spacial score (nSPS) is 13.7. The molecule has 2 aromatic rings. The Bertz CT molecular complexity index is 605. The van der Waals surface area contributed by atoms with Crippen molar-refractivity contribution in [3.8, 4) is 0 Å². The molecule has 0 radical (unpaired) electrons. The van der Waals surface area contributed by atoms with Crippen LogP contribution in [0.25, 0.3) is 11.0 Å². The molecule has 0 spiro atoms. The molecule has 2 aromatic heterocycles. The number of amidine groups is 1. The zero-order valence-electron chi connectivity index (χ0n) is 11.3. The number of anilines is 1. The Morgan fingerprint density at radius 3 is 3.00 bits per heavy atom. The van der Waals surface area contributed by atoms with Gasteiger partial charge in [-0.1, -0.05) is 5.16 Å². The summed E-state index contributed by atoms with van der Waals surface area (Å²) in [6, 6.07) is 1.98. The Morgan fingerprint density at radius 2 is 2.32 bits per heavy atom. The number of nitrogens with two attached hydrogens (primary N) is 1. The lowest BCUT2D eigenvalue weighted by molar-refractivity contribution is 0.316. The molecule has 0 aliphatic heterocycles. The molecule has 0 bridgehead atoms. The number of hydrogen-bond donors (Lipinski definition) is 2. The first kappa shape index (κ1) is 13.1. The second kappa shape index (κ2) is 5.13. The van der Waals surface area contributed by atoms with Crippen LogP contribution >= 0.6 is 0 Å². The molecule has 0 aromatic carbocycles. The predicted octanol–water partition coefficient (Wildman–Crippen LogP) is 0.929. The van der Waals surface area contributed by atoms with E-state index in [-0.39, 0.29) is 11.9 Å². The van der Waals surface area contributed by atoms with Crippen molar-refractivity contribution in [2.45, 2.75) is 19.4 Å². The van der Waals surface area contributed by atoms with Gasteiger partial charge in [0.2, 0.25) is 0 Å². The molecule has 0 aliphatic rings. The zero-order chi connectivity index (χ0) is 14.0. The molecular weight excluding hydrogens is 244 g/mol. The molecule has 102 valence electrons. The molecule has 2 rings (SSSR count). The lowest BCUT2D eigenvalue weighted by atomic mass is 10.2. The Kier molecular flexibility index (Phi) is 3.55. The van der Waals surface area contributed by atoms with Crippen molar-refractivity contribution in [3.05, 3.63) is 18.6 Å². The van der Waals surface area contributed by atoms with Gasteiger partial charge in [-0.05, 0) is 13.0 Å². The molecule has 7 heteroatoms. The van der Waals surface area contributed by atoms with E-state index in [2.05, 4.69) is 15.1 Å². The summed E-state index contributed by atoms with van der Waals surface area (Å²) in [5, 5.41) is 11.6. The van der Waals surface area contributed by atoms with Gasteiger partial charge in [0.15, 0.2) is 5.82 Å². The molecular formula is C12H18N6O. The van der Waals surface area contributed by atoms with Gasteiger partial charge in [0.05, 0.1) is 11.8 Å². The Hall–Kier alpha value is -2.31. The van der Waals surface area contributed by atoms with Crippen LogP contribution in [0.1, 0.15) is 13.3 Å². The van der Waals surface area contributed by atoms with Crippen LogP contribution in [0.5, 0.6) is 0 Å². The lowest BCUT2D eigenvalue weighted by Gasteiger charge is -2.25. The third kappa shape index (κ3) is 2.44. The highest BCUT2D eigenvalue weighted by atomic mass is 16.4. The average Bonchev–Trinajstić information content (AvgIpc) is 2.79. The monoisotopic (exact) mass is 262 g/mol. The predicted molar refractivity (Wildman–Crippen MR) is 74.4 cm³/mol. The first-order valence-corrected chi connectivity index (χ1v) is 6.00. The van der Waals surface area contributed by atoms with Gasteiger partial charge in [-0.15, -0.1) is 0 Å². The van der Waals surface area contributed by atoms with Gasteiger partial charge in [0, 0.05) is 32.8 Å². The van der Waals surface area contributed by atoms with Crippen molar-refractivity contribution in [1.82, 2.24) is 14.5 Å². The van der Waals surface area contributed by atoms with Crippen LogP contribution in [0.2, 0.25) is 0 Å². The molecule has 0 fully saturated rings. The molecule has 7 nitrogen and oxygen atoms in total. The van der Waals surface area contributed by atoms with Crippen LogP contribution < -0.4 is 10.6 Å². The summed E-state index contributed by atoms with van der Waals surface area (Å²) in [5.41, 5.74) is 7.41. The molecule has 1 unspecified atom stereocenters. The number of oxime groups is 1. The number of aryl methyl sites for hydroxylation is 1. The van der Waals surface area contributed by atoms with Gasteiger partial charge in [-0.3, -0.25) is 0 Å². The quantitative estimate of drug-likeness (QED) is 0.370. The highest BCUT2D eigenvalue weighted by molar-refractivity contribution is 5.87. The maximum Gasteiger partial charge on any atom is 0.156 e. The SMILES string of the molecule is CC(C/C(N)=N/O)N(C)c1nccc2c1ncn2C. The fourth-order valence-electron chi connectivity index (χ4n) is 2.00. The van der Waals surface area contributed by atoms with E-state index < -0.39 is 0 Å². The fraction of sp³-hybridized carbons (Fsp3) is 0.417. The first-order valence-electron chi connectivity index (χ1n) is 6.00. The number of rotatable bonds is 4. The maximum atomic E-state index is 8.62. The molecule has 0 saturated heterocycles. The summed E-state index contributed by atoms with van der Waals surface area (Å²) in [5.74, 6) is 0.990. The van der Waals surface area contributed by atoms with Gasteiger partial charge in [-0.2, -0.15) is 0 Å². The molecule has 1 atom stereocenters. The minimum atomic E-state index is 0.0519. The van der Waals surface area contributed by atoms with Crippen LogP contribution in [0.15, 0.2) is 23.7 Å². The largest absolute Gasteiger partial charge is 0.409 e. The van der Waals surface area contributed by atoms with Gasteiger partial charge in [0.25, 0.3) is 0 Å². The molecule has 0 saturated carbocycles. The van der Waals surface area contributed by atoms with Crippen molar-refractivity contribution in [1.29, 1.82) is 0 Å². The van der Waals surface area contributed by atoms with E-state index in [0.717, 1.165) is 16.9 Å². The summed E-state index contributed by atoms with van der Waals surface area (Å²) in [4.78, 5) is 10.7. The van der Waals surface area contributed by atoms with Crippen LogP contribution in [0, 0.1) is 0 Å². The molecule has 19 heavy (non-hydrogen) atoms. The second-order valence-corrected chi connectivity index (χ2v) is 4.61. The van der Waals surface area contributed by atoms with Crippen LogP contribution in [0.3, 0.4) is 0 Å². The van der Waals surface area contributed by atoms with E-state index in [4.69, 9.17) is 10.9 Å². The number of pyridine rings is 1. The maximum absolute atomic E-state index is 8.62. The summed E-state index contributed by atoms with van der Waals surface area (Å²) in [7, 11) is 3.87. The number of nitrogens with zero attached hydrogens (tertiary/aromatic N) is 5. The molecule has 0 aliphatic carbocycles. The van der Waals surface area contributed by atoms with Crippen molar-refractivity contribution in [2.24, 2.45) is 17.9 Å². The standard InChI is InChI=1S/C12H18N6O/c1-8(6-10(13)16-19)18(3)12-11-9(4-5-14-12)17(2)7-15-11/h4-5,7-8,19H,6H2,1-3H3,(H2,13,16). The smallest absolute Gasteiger partial charge is 0.156 e. The average molecular weight is 262 g/mol. The summed E-state index contributed by atoms with van der Waals surface area (Å²) < 4.78 is 1.95. The fourth-order valence-corrected chi connectivity index (χ4v) is 2.00. The molecule has 3 N–H and O–H groups in total. The van der Waals surface area contributed by atoms with Crippen molar-refractivity contribution < 1.29 is 5.21 Å². The van der Waals surface area contributed by atoms with Crippen molar-refractivity contribution in [2.75, 3.05) is 11.9 Å². The minimum absolute atomic E-state index is 0.0519. The number of hydrogen-bond acceptors (Lipinski definition) is 5. The summed E-state index contributed by atoms with van der Waals surface area (Å²) >= 11 is 0. The minimum Gasteiger partial charge on any atom is -0.409 e. The zero-order valence-corrected chi connectivity index (χ0v) is 11.3. The Labute approximate surface area is 111 Å². The third-order valence-corrected chi connectivity index (χ3v) is 3.25. The van der Waals surface area contributed by atoms with Gasteiger partial charge < -0.3 is 20.4 Å². The van der Waals surface area contributed by atoms with Crippen molar-refractivity contribution in [3.63, 3.8) is 0 Å². The highest BCUT2D eigenvalue weighted by Crippen LogP contribution is 2.23. The Morgan fingerprint density at radius 1 is 1.58 bits per heavy atom. The number of aromatic nitrogens is 3. The van der Waals surface area contributed by atoms with Gasteiger partial charge in [-0.25, -0.2) is 9.97 Å². The third-order valence-electron chi connectivity index (χ3n) is 3.25. The van der Waals surface area contributed by atoms with Crippen molar-refractivity contribution >= 4 is 22.7 Å². The number of fused-ring (bicyclic) bond motifs is 1. The number of imidazole rings is 1. The van der Waals surface area contributed by atoms with E-state index in [1.165, 1.54) is 0 Å². The highest BCUT2D eigenvalue weighted by Gasteiger charge is 2.17. The lowest BCUT2D eigenvalue weighted by Crippen LogP contribution is -2.33. The second-order valence-electron chi connectivity index (χ2n) is 4.61.